The number of ketones is 1. The lowest BCUT2D eigenvalue weighted by atomic mass is 9.90. The first-order valence-corrected chi connectivity index (χ1v) is 22.5. The number of nitrogens with two attached hydrogens (primary N) is 1. The van der Waals surface area contributed by atoms with Crippen LogP contribution in [0.5, 0.6) is 0 Å². The van der Waals surface area contributed by atoms with Crippen LogP contribution in [0.2, 0.25) is 0 Å². The number of aliphatic hydroxyl groups excluding tert-OH is 2. The Morgan fingerprint density at radius 3 is 2.02 bits per heavy atom. The molecular formula is C41H72NO13P. The molecule has 1 rings (SSSR count). The summed E-state index contributed by atoms with van der Waals surface area (Å²) in [6.45, 7) is 2.41. The SMILES string of the molecule is CCCCCCCCCCCCCCC(=O)O[C@H](COC(=O)CCC/C=C\C[C@H]1[C@@H](O)CC(=O)[C@@H]1/C=C/[C@@H](O)CCCCC)COP(=O)(O)OC[C@H](N)C(=O)O. The average molecular weight is 818 g/mol. The number of Topliss-reactive ketones (excluding diaryl/α,β-unsaturated/α-hetero) is 1. The van der Waals surface area contributed by atoms with Gasteiger partial charge in [-0.25, -0.2) is 4.57 Å². The second-order valence-electron chi connectivity index (χ2n) is 14.9. The lowest BCUT2D eigenvalue weighted by Gasteiger charge is -2.20. The first kappa shape index (κ1) is 51.6. The monoisotopic (exact) mass is 817 g/mol. The zero-order chi connectivity index (χ0) is 41.6. The van der Waals surface area contributed by atoms with E-state index in [4.69, 9.17) is 24.8 Å². The number of unbranched alkanes of at least 4 members (excludes halogenated alkanes) is 14. The van der Waals surface area contributed by atoms with Crippen LogP contribution in [0.1, 0.15) is 155 Å². The molecule has 0 heterocycles. The highest BCUT2D eigenvalue weighted by atomic mass is 31.2. The zero-order valence-corrected chi connectivity index (χ0v) is 34.8. The molecule has 7 atom stereocenters. The number of phosphoric acid groups is 1. The van der Waals surface area contributed by atoms with Crippen molar-refractivity contribution in [3.8, 4) is 0 Å². The highest BCUT2D eigenvalue weighted by molar-refractivity contribution is 7.47. The van der Waals surface area contributed by atoms with Gasteiger partial charge in [-0.15, -0.1) is 0 Å². The third-order valence-corrected chi connectivity index (χ3v) is 10.8. The fourth-order valence-electron chi connectivity index (χ4n) is 6.40. The van der Waals surface area contributed by atoms with Gasteiger partial charge in [0, 0.05) is 31.1 Å². The molecule has 0 aliphatic heterocycles. The van der Waals surface area contributed by atoms with Crippen LogP contribution in [0, 0.1) is 11.8 Å². The van der Waals surface area contributed by atoms with Crippen LogP contribution in [0.3, 0.4) is 0 Å². The standard InChI is InChI=1S/C41H72NO13P/c1-3-5-7-8-9-10-11-12-13-14-15-21-25-40(47)55-33(30-53-56(50,51)54-31-36(42)41(48)49)29-52-39(46)24-20-17-16-19-23-34-35(38(45)28-37(34)44)27-26-32(43)22-18-6-4-2/h16,19,26-27,32-37,43-44H,3-15,17-18,20-25,28-31,42H2,1-2H3,(H,48,49)(H,50,51)/b19-16-,27-26+/t32-,33+,34+,35+,36-,37-/m0/s1. The molecule has 6 N–H and O–H groups in total. The summed E-state index contributed by atoms with van der Waals surface area (Å²) in [5.74, 6) is -3.41. The third-order valence-electron chi connectivity index (χ3n) is 9.83. The maximum Gasteiger partial charge on any atom is 0.472 e. The highest BCUT2D eigenvalue weighted by Gasteiger charge is 2.39. The van der Waals surface area contributed by atoms with Gasteiger partial charge in [0.15, 0.2) is 6.10 Å². The minimum atomic E-state index is -4.77. The molecule has 0 amide bonds. The summed E-state index contributed by atoms with van der Waals surface area (Å²) in [6, 6.07) is -1.56. The number of ether oxygens (including phenoxy) is 2. The molecule has 1 unspecified atom stereocenters. The van der Waals surface area contributed by atoms with Crippen molar-refractivity contribution in [2.75, 3.05) is 19.8 Å². The van der Waals surface area contributed by atoms with Crippen molar-refractivity contribution in [1.29, 1.82) is 0 Å². The molecule has 0 radical (unpaired) electrons. The molecule has 0 spiro atoms. The Morgan fingerprint density at radius 2 is 1.39 bits per heavy atom. The molecule has 1 aliphatic carbocycles. The number of rotatable bonds is 35. The van der Waals surface area contributed by atoms with E-state index < -0.39 is 75.8 Å². The van der Waals surface area contributed by atoms with E-state index in [1.807, 2.05) is 12.2 Å². The van der Waals surface area contributed by atoms with Crippen molar-refractivity contribution in [3.05, 3.63) is 24.3 Å². The van der Waals surface area contributed by atoms with Gasteiger partial charge in [0.2, 0.25) is 0 Å². The normalized spacial score (nSPS) is 20.0. The molecule has 56 heavy (non-hydrogen) atoms. The lowest BCUT2D eigenvalue weighted by Crippen LogP contribution is -2.34. The van der Waals surface area contributed by atoms with Crippen LogP contribution < -0.4 is 5.73 Å². The van der Waals surface area contributed by atoms with Crippen LogP contribution in [0.15, 0.2) is 24.3 Å². The first-order valence-electron chi connectivity index (χ1n) is 21.0. The van der Waals surface area contributed by atoms with Crippen LogP contribution in [-0.4, -0.2) is 88.1 Å². The Kier molecular flexibility index (Phi) is 29.0. The van der Waals surface area contributed by atoms with Crippen molar-refractivity contribution in [2.24, 2.45) is 17.6 Å². The van der Waals surface area contributed by atoms with E-state index in [-0.39, 0.29) is 31.0 Å². The number of hydrogen-bond donors (Lipinski definition) is 5. The van der Waals surface area contributed by atoms with Gasteiger partial charge in [-0.05, 0) is 32.1 Å². The van der Waals surface area contributed by atoms with Crippen molar-refractivity contribution < 1.29 is 62.5 Å². The van der Waals surface area contributed by atoms with Crippen LogP contribution in [0.25, 0.3) is 0 Å². The van der Waals surface area contributed by atoms with Gasteiger partial charge in [-0.3, -0.25) is 28.2 Å². The first-order chi connectivity index (χ1) is 26.8. The van der Waals surface area contributed by atoms with Gasteiger partial charge >= 0.3 is 25.7 Å². The second-order valence-corrected chi connectivity index (χ2v) is 16.4. The highest BCUT2D eigenvalue weighted by Crippen LogP contribution is 2.43. The topological polar surface area (TPSA) is 229 Å². The molecule has 14 nitrogen and oxygen atoms in total. The predicted octanol–water partition coefficient (Wildman–Crippen LogP) is 7.26. The number of carbonyl (C=O) groups is 4. The van der Waals surface area contributed by atoms with Crippen molar-refractivity contribution in [2.45, 2.75) is 179 Å². The molecule has 15 heteroatoms. The van der Waals surface area contributed by atoms with Gasteiger partial charge in [-0.2, -0.15) is 0 Å². The number of allylic oxidation sites excluding steroid dienone is 3. The molecule has 0 saturated heterocycles. The maximum atomic E-state index is 12.6. The number of hydrogen-bond acceptors (Lipinski definition) is 12. The van der Waals surface area contributed by atoms with E-state index in [1.54, 1.807) is 12.2 Å². The van der Waals surface area contributed by atoms with Crippen LogP contribution in [-0.2, 0) is 42.3 Å². The Balaban J connectivity index is 2.53. The molecule has 1 aliphatic rings. The quantitative estimate of drug-likeness (QED) is 0.0184. The van der Waals surface area contributed by atoms with Gasteiger partial charge in [-0.1, -0.05) is 128 Å². The Hall–Kier alpha value is -2.45. The number of carboxylic acids is 1. The summed E-state index contributed by atoms with van der Waals surface area (Å²) >= 11 is 0. The van der Waals surface area contributed by atoms with Crippen LogP contribution >= 0.6 is 7.82 Å². The average Bonchev–Trinajstić information content (AvgIpc) is 3.43. The minimum absolute atomic E-state index is 0.0330. The molecule has 1 saturated carbocycles. The molecule has 0 aromatic rings. The number of carbonyl (C=O) groups excluding carboxylic acids is 3. The Morgan fingerprint density at radius 1 is 0.821 bits per heavy atom. The summed E-state index contributed by atoms with van der Waals surface area (Å²) in [7, 11) is -4.77. The summed E-state index contributed by atoms with van der Waals surface area (Å²) in [5, 5.41) is 29.6. The van der Waals surface area contributed by atoms with Gasteiger partial charge in [0.05, 0.1) is 25.4 Å². The van der Waals surface area contributed by atoms with E-state index in [9.17, 15) is 38.8 Å². The molecule has 0 aromatic heterocycles. The van der Waals surface area contributed by atoms with E-state index in [2.05, 4.69) is 18.4 Å². The fraction of sp³-hybridized carbons (Fsp3) is 0.805. The Labute approximate surface area is 334 Å². The Bertz CT molecular complexity index is 1210. The van der Waals surface area contributed by atoms with E-state index >= 15 is 0 Å². The second kappa shape index (κ2) is 31.5. The molecule has 324 valence electrons. The smallest absolute Gasteiger partial charge is 0.472 e. The third kappa shape index (κ3) is 25.7. The minimum Gasteiger partial charge on any atom is -0.480 e. The van der Waals surface area contributed by atoms with Crippen molar-refractivity contribution in [3.63, 3.8) is 0 Å². The van der Waals surface area contributed by atoms with Gasteiger partial charge < -0.3 is 35.4 Å². The number of esters is 2. The molecular weight excluding hydrogens is 745 g/mol. The summed E-state index contributed by atoms with van der Waals surface area (Å²) < 4.78 is 32.6. The number of aliphatic hydroxyl groups is 2. The summed E-state index contributed by atoms with van der Waals surface area (Å²) in [5.41, 5.74) is 5.32. The number of carboxylic acid groups (broad SMARTS) is 1. The van der Waals surface area contributed by atoms with Crippen LogP contribution in [0.4, 0.5) is 0 Å². The number of aliphatic carboxylic acids is 1. The molecule has 0 bridgehead atoms. The lowest BCUT2D eigenvalue weighted by molar-refractivity contribution is -0.161. The molecule has 0 aromatic carbocycles. The number of phosphoric ester groups is 1. The largest absolute Gasteiger partial charge is 0.480 e. The summed E-state index contributed by atoms with van der Waals surface area (Å²) in [6.07, 6.45) is 23.3. The molecule has 1 fully saturated rings. The van der Waals surface area contributed by atoms with Gasteiger partial charge in [0.25, 0.3) is 0 Å². The summed E-state index contributed by atoms with van der Waals surface area (Å²) in [4.78, 5) is 58.5. The maximum absolute atomic E-state index is 12.6. The fourth-order valence-corrected chi connectivity index (χ4v) is 7.18. The van der Waals surface area contributed by atoms with E-state index in [0.29, 0.717) is 32.1 Å². The zero-order valence-electron chi connectivity index (χ0n) is 33.9. The van der Waals surface area contributed by atoms with E-state index in [0.717, 1.165) is 44.9 Å². The predicted molar refractivity (Wildman–Crippen MR) is 213 cm³/mol. The van der Waals surface area contributed by atoms with E-state index in [1.165, 1.54) is 44.9 Å². The van der Waals surface area contributed by atoms with Crippen molar-refractivity contribution >= 4 is 31.5 Å². The van der Waals surface area contributed by atoms with Crippen molar-refractivity contribution in [1.82, 2.24) is 0 Å². The van der Waals surface area contributed by atoms with Gasteiger partial charge in [0.1, 0.15) is 18.4 Å².